The van der Waals surface area contributed by atoms with Crippen molar-refractivity contribution in [3.63, 3.8) is 0 Å². The molecule has 1 heterocycles. The predicted octanol–water partition coefficient (Wildman–Crippen LogP) is 7.04. The lowest BCUT2D eigenvalue weighted by atomic mass is 9.98. The lowest BCUT2D eigenvalue weighted by molar-refractivity contribution is 0.0519. The van der Waals surface area contributed by atoms with Crippen LogP contribution in [0, 0.1) is 0 Å². The van der Waals surface area contributed by atoms with Crippen molar-refractivity contribution in [1.82, 2.24) is 4.98 Å². The zero-order valence-corrected chi connectivity index (χ0v) is 19.2. The average Bonchev–Trinajstić information content (AvgIpc) is 3.12. The van der Waals surface area contributed by atoms with Gasteiger partial charge in [0.15, 0.2) is 0 Å². The van der Waals surface area contributed by atoms with Crippen LogP contribution in [-0.4, -0.2) is 23.7 Å². The zero-order chi connectivity index (χ0) is 22.7. The Bertz CT molecular complexity index is 1240. The van der Waals surface area contributed by atoms with E-state index in [2.05, 4.69) is 29.2 Å². The van der Waals surface area contributed by atoms with Crippen molar-refractivity contribution < 1.29 is 14.3 Å². The van der Waals surface area contributed by atoms with E-state index in [1.54, 1.807) is 0 Å². The van der Waals surface area contributed by atoms with Crippen LogP contribution in [0.4, 0.5) is 0 Å². The third kappa shape index (κ3) is 4.81. The molecule has 1 N–H and O–H groups in total. The van der Waals surface area contributed by atoms with Gasteiger partial charge in [0.25, 0.3) is 0 Å². The zero-order valence-electron chi connectivity index (χ0n) is 18.4. The number of hydrogen-bond donors (Lipinski definition) is 1. The number of aromatic nitrogens is 1. The normalized spacial score (nSPS) is 11.2. The molecule has 0 atom stereocenters. The summed E-state index contributed by atoms with van der Waals surface area (Å²) in [5.74, 6) is 0.496. The van der Waals surface area contributed by atoms with Gasteiger partial charge in [-0.3, -0.25) is 0 Å². The molecule has 0 aliphatic heterocycles. The summed E-state index contributed by atoms with van der Waals surface area (Å²) in [6.07, 6.45) is 0.701. The minimum Gasteiger partial charge on any atom is -0.491 e. The van der Waals surface area contributed by atoms with Crippen LogP contribution >= 0.6 is 11.6 Å². The Hall–Kier alpha value is -3.24. The van der Waals surface area contributed by atoms with E-state index < -0.39 is 0 Å². The van der Waals surface area contributed by atoms with E-state index in [0.29, 0.717) is 23.7 Å². The van der Waals surface area contributed by atoms with Gasteiger partial charge in [0, 0.05) is 22.3 Å². The first-order valence-corrected chi connectivity index (χ1v) is 11.2. The molecule has 1 aromatic heterocycles. The smallest absolute Gasteiger partial charge is 0.355 e. The van der Waals surface area contributed by atoms with Crippen LogP contribution in [0.3, 0.4) is 0 Å². The maximum absolute atomic E-state index is 12.7. The quantitative estimate of drug-likeness (QED) is 0.309. The lowest BCUT2D eigenvalue weighted by Crippen LogP contribution is -2.08. The Labute approximate surface area is 193 Å². The van der Waals surface area contributed by atoms with Crippen molar-refractivity contribution >= 4 is 28.5 Å². The molecule has 3 aromatic carbocycles. The molecular weight excluding hydrogens is 422 g/mol. The number of ether oxygens (including phenoxy) is 2. The van der Waals surface area contributed by atoms with Crippen LogP contribution in [-0.2, 0) is 11.2 Å². The van der Waals surface area contributed by atoms with Crippen LogP contribution in [0.5, 0.6) is 5.75 Å². The fraction of sp³-hybridized carbons (Fsp3) is 0.222. The molecule has 0 amide bonds. The summed E-state index contributed by atoms with van der Waals surface area (Å²) >= 11 is 6.20. The summed E-state index contributed by atoms with van der Waals surface area (Å²) in [7, 11) is 0. The molecule has 0 spiro atoms. The highest BCUT2D eigenvalue weighted by Crippen LogP contribution is 2.31. The lowest BCUT2D eigenvalue weighted by Gasteiger charge is -2.10. The van der Waals surface area contributed by atoms with E-state index in [9.17, 15) is 4.79 Å². The first-order chi connectivity index (χ1) is 15.4. The van der Waals surface area contributed by atoms with Crippen molar-refractivity contribution in [2.45, 2.75) is 33.3 Å². The van der Waals surface area contributed by atoms with E-state index in [0.717, 1.165) is 38.9 Å². The largest absolute Gasteiger partial charge is 0.491 e. The topological polar surface area (TPSA) is 51.3 Å². The maximum Gasteiger partial charge on any atom is 0.355 e. The summed E-state index contributed by atoms with van der Waals surface area (Å²) < 4.78 is 11.1. The Morgan fingerprint density at radius 3 is 2.44 bits per heavy atom. The van der Waals surface area contributed by atoms with Gasteiger partial charge in [-0.25, -0.2) is 4.79 Å². The molecule has 4 rings (SSSR count). The Morgan fingerprint density at radius 2 is 1.75 bits per heavy atom. The first-order valence-electron chi connectivity index (χ1n) is 10.8. The average molecular weight is 448 g/mol. The third-order valence-corrected chi connectivity index (χ3v) is 5.45. The Balaban J connectivity index is 1.77. The molecule has 0 radical (unpaired) electrons. The van der Waals surface area contributed by atoms with Crippen LogP contribution < -0.4 is 4.74 Å². The number of benzene rings is 3. The number of hydrogen-bond acceptors (Lipinski definition) is 3. The van der Waals surface area contributed by atoms with Crippen LogP contribution in [0.1, 0.15) is 42.4 Å². The molecule has 0 fully saturated rings. The molecular formula is C27H26ClNO3. The summed E-state index contributed by atoms with van der Waals surface area (Å²) in [5, 5.41) is 1.66. The molecule has 0 unspecified atom stereocenters. The molecule has 4 aromatic rings. The summed E-state index contributed by atoms with van der Waals surface area (Å²) in [5.41, 5.74) is 5.46. The first kappa shape index (κ1) is 22.0. The van der Waals surface area contributed by atoms with Gasteiger partial charge in [-0.2, -0.15) is 0 Å². The Kier molecular flexibility index (Phi) is 6.52. The highest BCUT2D eigenvalue weighted by Gasteiger charge is 2.20. The molecule has 0 saturated heterocycles. The fourth-order valence-electron chi connectivity index (χ4n) is 3.84. The van der Waals surface area contributed by atoms with Gasteiger partial charge < -0.3 is 14.5 Å². The second-order valence-electron chi connectivity index (χ2n) is 7.96. The fourth-order valence-corrected chi connectivity index (χ4v) is 4.05. The van der Waals surface area contributed by atoms with E-state index in [-0.39, 0.29) is 12.1 Å². The minimum atomic E-state index is -0.350. The highest BCUT2D eigenvalue weighted by atomic mass is 35.5. The van der Waals surface area contributed by atoms with Gasteiger partial charge in [0.2, 0.25) is 0 Å². The molecule has 0 aliphatic rings. The second kappa shape index (κ2) is 9.49. The van der Waals surface area contributed by atoms with Gasteiger partial charge in [-0.1, -0.05) is 41.9 Å². The Morgan fingerprint density at radius 1 is 1.00 bits per heavy atom. The van der Waals surface area contributed by atoms with Crippen LogP contribution in [0.2, 0.25) is 5.02 Å². The molecule has 4 nitrogen and oxygen atoms in total. The molecule has 164 valence electrons. The number of H-pyrrole nitrogens is 1. The van der Waals surface area contributed by atoms with Crippen molar-refractivity contribution in [2.75, 3.05) is 6.61 Å². The number of aromatic amines is 1. The number of rotatable bonds is 7. The number of halogens is 1. The van der Waals surface area contributed by atoms with Crippen LogP contribution in [0.25, 0.3) is 22.0 Å². The standard InChI is InChI=1S/C27H26ClNO3/c1-4-31-27(30)26-24(15-18-6-5-7-21(28)14-18)23-16-20(10-13-25(23)29-26)19-8-11-22(12-9-19)32-17(2)3/h5-14,16-17,29H,4,15H2,1-3H3. The number of esters is 1. The molecule has 32 heavy (non-hydrogen) atoms. The molecule has 0 saturated carbocycles. The summed E-state index contributed by atoms with van der Waals surface area (Å²) in [6, 6.07) is 21.9. The van der Waals surface area contributed by atoms with Crippen molar-refractivity contribution in [2.24, 2.45) is 0 Å². The number of carbonyl (C=O) groups is 1. The third-order valence-electron chi connectivity index (χ3n) is 5.22. The van der Waals surface area contributed by atoms with Gasteiger partial charge in [0.05, 0.1) is 12.7 Å². The maximum atomic E-state index is 12.7. The van der Waals surface area contributed by atoms with E-state index in [4.69, 9.17) is 21.1 Å². The van der Waals surface area contributed by atoms with Gasteiger partial charge in [-0.15, -0.1) is 0 Å². The van der Waals surface area contributed by atoms with Gasteiger partial charge in [0.1, 0.15) is 11.4 Å². The van der Waals surface area contributed by atoms with E-state index >= 15 is 0 Å². The number of carbonyl (C=O) groups excluding carboxylic acids is 1. The van der Waals surface area contributed by atoms with Crippen LogP contribution in [0.15, 0.2) is 66.7 Å². The van der Waals surface area contributed by atoms with Crippen molar-refractivity contribution in [3.05, 3.63) is 88.6 Å². The summed E-state index contributed by atoms with van der Waals surface area (Å²) in [4.78, 5) is 15.9. The highest BCUT2D eigenvalue weighted by molar-refractivity contribution is 6.30. The van der Waals surface area contributed by atoms with Gasteiger partial charge >= 0.3 is 5.97 Å². The predicted molar refractivity (Wildman–Crippen MR) is 130 cm³/mol. The molecule has 5 heteroatoms. The summed E-state index contributed by atoms with van der Waals surface area (Å²) in [6.45, 7) is 6.15. The van der Waals surface area contributed by atoms with Gasteiger partial charge in [-0.05, 0) is 79.4 Å². The SMILES string of the molecule is CCOC(=O)c1[nH]c2ccc(-c3ccc(OC(C)C)cc3)cc2c1Cc1cccc(Cl)c1. The van der Waals surface area contributed by atoms with E-state index in [1.807, 2.05) is 63.2 Å². The minimum absolute atomic E-state index is 0.132. The molecule has 0 bridgehead atoms. The monoisotopic (exact) mass is 447 g/mol. The number of fused-ring (bicyclic) bond motifs is 1. The van der Waals surface area contributed by atoms with E-state index in [1.165, 1.54) is 0 Å². The number of nitrogens with one attached hydrogen (secondary N) is 1. The van der Waals surface area contributed by atoms with Crippen molar-refractivity contribution in [1.29, 1.82) is 0 Å². The molecule has 0 aliphatic carbocycles. The second-order valence-corrected chi connectivity index (χ2v) is 8.39. The van der Waals surface area contributed by atoms with Crippen molar-refractivity contribution in [3.8, 4) is 16.9 Å².